The lowest BCUT2D eigenvalue weighted by Gasteiger charge is -2.26. The molecule has 5 nitrogen and oxygen atoms in total. The van der Waals surface area contributed by atoms with E-state index in [1.54, 1.807) is 0 Å². The number of ether oxygens (including phenoxy) is 1. The van der Waals surface area contributed by atoms with Crippen molar-refractivity contribution in [3.8, 4) is 0 Å². The number of benzene rings is 2. The number of hydrogen-bond acceptors (Lipinski definition) is 3. The van der Waals surface area contributed by atoms with Crippen molar-refractivity contribution >= 4 is 35.6 Å². The number of hydrogen-bond donors (Lipinski definition) is 2. The second-order valence-electron chi connectivity index (χ2n) is 6.40. The summed E-state index contributed by atoms with van der Waals surface area (Å²) in [7, 11) is 0. The first-order valence-corrected chi connectivity index (χ1v) is 8.70. The summed E-state index contributed by atoms with van der Waals surface area (Å²) in [6.45, 7) is 7.28. The second-order valence-corrected chi connectivity index (χ2v) is 6.40. The molecule has 3 rings (SSSR count). The highest BCUT2D eigenvalue weighted by Gasteiger charge is 2.10. The molecule has 0 atom stereocenters. The van der Waals surface area contributed by atoms with Gasteiger partial charge in [0.1, 0.15) is 0 Å². The van der Waals surface area contributed by atoms with Crippen molar-refractivity contribution in [3.63, 3.8) is 0 Å². The Balaban J connectivity index is 0.00000243. The number of anilines is 1. The van der Waals surface area contributed by atoms with Crippen molar-refractivity contribution in [2.45, 2.75) is 20.0 Å². The van der Waals surface area contributed by atoms with Crippen LogP contribution >= 0.6 is 24.0 Å². The molecule has 0 radical (unpaired) electrons. The van der Waals surface area contributed by atoms with Crippen LogP contribution in [0.4, 0.5) is 5.69 Å². The molecule has 0 saturated carbocycles. The third-order valence-corrected chi connectivity index (χ3v) is 4.26. The van der Waals surface area contributed by atoms with Crippen LogP contribution in [0.2, 0.25) is 0 Å². The lowest BCUT2D eigenvalue weighted by Crippen LogP contribution is -2.35. The normalized spacial score (nSPS) is 15.3. The summed E-state index contributed by atoms with van der Waals surface area (Å²) >= 11 is 0. The lowest BCUT2D eigenvalue weighted by atomic mass is 10.1. The minimum Gasteiger partial charge on any atom is -0.379 e. The van der Waals surface area contributed by atoms with Crippen molar-refractivity contribution in [2.24, 2.45) is 10.7 Å². The first-order chi connectivity index (χ1) is 12.2. The van der Waals surface area contributed by atoms with Crippen LogP contribution in [-0.4, -0.2) is 37.2 Å². The standard InChI is InChI=1S/C20H26N4O.HI/c1-16-3-2-4-19(13-16)23-20(21)22-14-17-5-7-18(8-6-17)15-24-9-11-25-12-10-24;/h2-8,13H,9-12,14-15H2,1H3,(H3,21,22,23);1H. The molecule has 1 aliphatic rings. The predicted molar refractivity (Wildman–Crippen MR) is 118 cm³/mol. The predicted octanol–water partition coefficient (Wildman–Crippen LogP) is 3.37. The average Bonchev–Trinajstić information content (AvgIpc) is 2.62. The third kappa shape index (κ3) is 6.59. The Bertz CT molecular complexity index is 712. The van der Waals surface area contributed by atoms with E-state index in [-0.39, 0.29) is 24.0 Å². The van der Waals surface area contributed by atoms with Gasteiger partial charge in [-0.1, -0.05) is 36.4 Å². The van der Waals surface area contributed by atoms with Crippen molar-refractivity contribution in [2.75, 3.05) is 31.6 Å². The van der Waals surface area contributed by atoms with Gasteiger partial charge in [-0.2, -0.15) is 0 Å². The van der Waals surface area contributed by atoms with Crippen LogP contribution in [0.5, 0.6) is 0 Å². The van der Waals surface area contributed by atoms with Crippen molar-refractivity contribution in [3.05, 3.63) is 65.2 Å². The van der Waals surface area contributed by atoms with Crippen LogP contribution < -0.4 is 11.1 Å². The van der Waals surface area contributed by atoms with Crippen molar-refractivity contribution in [1.29, 1.82) is 0 Å². The van der Waals surface area contributed by atoms with Gasteiger partial charge < -0.3 is 15.8 Å². The van der Waals surface area contributed by atoms with Crippen LogP contribution in [0.1, 0.15) is 16.7 Å². The number of guanidine groups is 1. The van der Waals surface area contributed by atoms with Crippen LogP contribution in [0.15, 0.2) is 53.5 Å². The highest BCUT2D eigenvalue weighted by molar-refractivity contribution is 14.0. The molecule has 0 bridgehead atoms. The molecule has 1 fully saturated rings. The molecule has 26 heavy (non-hydrogen) atoms. The highest BCUT2D eigenvalue weighted by Crippen LogP contribution is 2.11. The molecule has 1 saturated heterocycles. The van der Waals surface area contributed by atoms with E-state index in [1.807, 2.05) is 18.2 Å². The molecule has 1 aliphatic heterocycles. The van der Waals surface area contributed by atoms with E-state index >= 15 is 0 Å². The molecule has 2 aromatic carbocycles. The molecule has 0 aromatic heterocycles. The van der Waals surface area contributed by atoms with Gasteiger partial charge in [-0.25, -0.2) is 4.99 Å². The second kappa shape index (κ2) is 10.5. The number of aryl methyl sites for hydroxylation is 1. The smallest absolute Gasteiger partial charge is 0.193 e. The monoisotopic (exact) mass is 466 g/mol. The van der Waals surface area contributed by atoms with Gasteiger partial charge in [0.05, 0.1) is 19.8 Å². The molecule has 0 unspecified atom stereocenters. The summed E-state index contributed by atoms with van der Waals surface area (Å²) in [5.41, 5.74) is 10.6. The fraction of sp³-hybridized carbons (Fsp3) is 0.350. The van der Waals surface area contributed by atoms with Gasteiger partial charge in [0, 0.05) is 25.3 Å². The van der Waals surface area contributed by atoms with Crippen LogP contribution in [0.3, 0.4) is 0 Å². The SMILES string of the molecule is Cc1cccc(NC(N)=NCc2ccc(CN3CCOCC3)cc2)c1.I. The zero-order valence-electron chi connectivity index (χ0n) is 15.1. The maximum absolute atomic E-state index is 5.98. The van der Waals surface area contributed by atoms with Gasteiger partial charge in [0.25, 0.3) is 0 Å². The molecule has 2 aromatic rings. The number of halogens is 1. The van der Waals surface area contributed by atoms with Crippen LogP contribution in [-0.2, 0) is 17.8 Å². The fourth-order valence-corrected chi connectivity index (χ4v) is 2.85. The number of nitrogens with zero attached hydrogens (tertiary/aromatic N) is 2. The number of aliphatic imine (C=N–C) groups is 1. The average molecular weight is 466 g/mol. The highest BCUT2D eigenvalue weighted by atomic mass is 127. The van der Waals surface area contributed by atoms with E-state index in [0.29, 0.717) is 12.5 Å². The first-order valence-electron chi connectivity index (χ1n) is 8.70. The molecule has 0 spiro atoms. The maximum atomic E-state index is 5.98. The summed E-state index contributed by atoms with van der Waals surface area (Å²) in [5.74, 6) is 0.433. The summed E-state index contributed by atoms with van der Waals surface area (Å²) in [5, 5.41) is 3.13. The van der Waals surface area contributed by atoms with E-state index in [2.05, 4.69) is 52.5 Å². The lowest BCUT2D eigenvalue weighted by molar-refractivity contribution is 0.0342. The van der Waals surface area contributed by atoms with Gasteiger partial charge in [-0.05, 0) is 35.7 Å². The largest absolute Gasteiger partial charge is 0.379 e. The third-order valence-electron chi connectivity index (χ3n) is 4.26. The Labute approximate surface area is 172 Å². The number of nitrogens with one attached hydrogen (secondary N) is 1. The zero-order valence-corrected chi connectivity index (χ0v) is 17.5. The van der Waals surface area contributed by atoms with Gasteiger partial charge >= 0.3 is 0 Å². The van der Waals surface area contributed by atoms with Gasteiger partial charge in [-0.3, -0.25) is 4.90 Å². The van der Waals surface area contributed by atoms with Gasteiger partial charge in [0.2, 0.25) is 0 Å². The molecular formula is C20H27IN4O. The molecule has 3 N–H and O–H groups in total. The summed E-state index contributed by atoms with van der Waals surface area (Å²) < 4.78 is 5.39. The molecular weight excluding hydrogens is 439 g/mol. The molecule has 140 valence electrons. The number of morpholine rings is 1. The van der Waals surface area contributed by atoms with E-state index in [9.17, 15) is 0 Å². The zero-order chi connectivity index (χ0) is 17.5. The van der Waals surface area contributed by atoms with Gasteiger partial charge in [-0.15, -0.1) is 24.0 Å². The first kappa shape index (κ1) is 20.7. The van der Waals surface area contributed by atoms with E-state index in [0.717, 1.165) is 44.1 Å². The minimum absolute atomic E-state index is 0. The summed E-state index contributed by atoms with van der Waals surface area (Å²) in [4.78, 5) is 6.84. The topological polar surface area (TPSA) is 62.9 Å². The van der Waals surface area contributed by atoms with E-state index in [4.69, 9.17) is 10.5 Å². The Kier molecular flexibility index (Phi) is 8.34. The Morgan fingerprint density at radius 2 is 1.81 bits per heavy atom. The quantitative estimate of drug-likeness (QED) is 0.403. The molecule has 1 heterocycles. The van der Waals surface area contributed by atoms with E-state index in [1.165, 1.54) is 11.1 Å². The van der Waals surface area contributed by atoms with Crippen LogP contribution in [0.25, 0.3) is 0 Å². The van der Waals surface area contributed by atoms with E-state index < -0.39 is 0 Å². The maximum Gasteiger partial charge on any atom is 0.193 e. The van der Waals surface area contributed by atoms with Gasteiger partial charge in [0.15, 0.2) is 5.96 Å². The minimum atomic E-state index is 0. The molecule has 0 aliphatic carbocycles. The number of rotatable bonds is 5. The van der Waals surface area contributed by atoms with Crippen molar-refractivity contribution in [1.82, 2.24) is 4.90 Å². The summed E-state index contributed by atoms with van der Waals surface area (Å²) in [6.07, 6.45) is 0. The number of nitrogens with two attached hydrogens (primary N) is 1. The Morgan fingerprint density at radius 1 is 1.12 bits per heavy atom. The Morgan fingerprint density at radius 3 is 2.50 bits per heavy atom. The van der Waals surface area contributed by atoms with Crippen LogP contribution in [0, 0.1) is 6.92 Å². The fourth-order valence-electron chi connectivity index (χ4n) is 2.85. The van der Waals surface area contributed by atoms with Crippen molar-refractivity contribution < 1.29 is 4.74 Å². The Hall–Kier alpha value is -1.64. The molecule has 6 heteroatoms. The molecule has 0 amide bonds. The summed E-state index contributed by atoms with van der Waals surface area (Å²) in [6, 6.07) is 16.7.